The second-order valence-electron chi connectivity index (χ2n) is 9.70. The number of nitrogens with zero attached hydrogens (tertiary/aromatic N) is 1. The van der Waals surface area contributed by atoms with Gasteiger partial charge in [0.25, 0.3) is 11.8 Å². The summed E-state index contributed by atoms with van der Waals surface area (Å²) >= 11 is 6.69. The Morgan fingerprint density at radius 3 is 2.27 bits per heavy atom. The van der Waals surface area contributed by atoms with E-state index in [0.29, 0.717) is 33.9 Å². The van der Waals surface area contributed by atoms with Crippen LogP contribution in [0.1, 0.15) is 31.8 Å². The van der Waals surface area contributed by atoms with Crippen LogP contribution < -0.4 is 15.5 Å². The highest BCUT2D eigenvalue weighted by Crippen LogP contribution is 2.37. The maximum absolute atomic E-state index is 14.0. The quantitative estimate of drug-likeness (QED) is 0.239. The number of aryl methyl sites for hydroxylation is 1. The van der Waals surface area contributed by atoms with Crippen molar-refractivity contribution in [1.82, 2.24) is 0 Å². The Labute approximate surface area is 238 Å². The van der Waals surface area contributed by atoms with E-state index in [0.717, 1.165) is 33.8 Å². The minimum Gasteiger partial charge on any atom is -0.354 e. The van der Waals surface area contributed by atoms with Crippen molar-refractivity contribution in [2.75, 3.05) is 15.5 Å². The minimum absolute atomic E-state index is 0.169. The largest absolute Gasteiger partial charge is 0.354 e. The van der Waals surface area contributed by atoms with Crippen molar-refractivity contribution >= 4 is 46.2 Å². The average molecular weight is 544 g/mol. The van der Waals surface area contributed by atoms with Crippen molar-refractivity contribution in [2.45, 2.75) is 13.5 Å². The molecule has 0 spiro atoms. The van der Waals surface area contributed by atoms with Gasteiger partial charge in [-0.3, -0.25) is 9.59 Å². The van der Waals surface area contributed by atoms with E-state index in [1.54, 1.807) is 23.1 Å². The van der Waals surface area contributed by atoms with Crippen LogP contribution in [0, 0.1) is 6.92 Å². The van der Waals surface area contributed by atoms with Gasteiger partial charge in [-0.25, -0.2) is 0 Å². The average Bonchev–Trinajstić information content (AvgIpc) is 3.16. The summed E-state index contributed by atoms with van der Waals surface area (Å²) in [6.07, 6.45) is 0. The van der Waals surface area contributed by atoms with Crippen LogP contribution in [0.4, 0.5) is 22.7 Å². The third-order valence-corrected chi connectivity index (χ3v) is 7.42. The smallest absolute Gasteiger partial charge is 0.258 e. The summed E-state index contributed by atoms with van der Waals surface area (Å²) in [5.41, 5.74) is 7.57. The highest BCUT2D eigenvalue weighted by molar-refractivity contribution is 6.34. The molecular formula is C34H26ClN3O2. The van der Waals surface area contributed by atoms with Gasteiger partial charge < -0.3 is 15.5 Å². The Morgan fingerprint density at radius 2 is 1.45 bits per heavy atom. The fourth-order valence-electron chi connectivity index (χ4n) is 5.07. The number of amides is 2. The van der Waals surface area contributed by atoms with Gasteiger partial charge in [-0.1, -0.05) is 90.5 Å². The van der Waals surface area contributed by atoms with E-state index in [1.165, 1.54) is 0 Å². The maximum Gasteiger partial charge on any atom is 0.258 e. The summed E-state index contributed by atoms with van der Waals surface area (Å²) in [5.74, 6) is -0.443. The van der Waals surface area contributed by atoms with E-state index in [4.69, 9.17) is 11.6 Å². The molecule has 0 aliphatic carbocycles. The molecule has 5 aromatic carbocycles. The molecule has 1 aliphatic heterocycles. The zero-order valence-corrected chi connectivity index (χ0v) is 22.6. The molecule has 1 heterocycles. The highest BCUT2D eigenvalue weighted by atomic mass is 35.5. The lowest BCUT2D eigenvalue weighted by molar-refractivity contribution is 0.0983. The van der Waals surface area contributed by atoms with E-state index in [9.17, 15) is 9.59 Å². The van der Waals surface area contributed by atoms with E-state index >= 15 is 0 Å². The Bertz CT molecular complexity index is 1750. The molecule has 0 atom stereocenters. The normalized spacial score (nSPS) is 12.0. The van der Waals surface area contributed by atoms with Gasteiger partial charge >= 0.3 is 0 Å². The van der Waals surface area contributed by atoms with Crippen molar-refractivity contribution < 1.29 is 9.59 Å². The molecule has 0 saturated carbocycles. The van der Waals surface area contributed by atoms with E-state index in [1.807, 2.05) is 104 Å². The number of para-hydroxylation sites is 3. The zero-order chi connectivity index (χ0) is 27.6. The van der Waals surface area contributed by atoms with Crippen LogP contribution in [-0.2, 0) is 6.54 Å². The third-order valence-electron chi connectivity index (χ3n) is 7.10. The number of rotatable bonds is 4. The second kappa shape index (κ2) is 10.7. The van der Waals surface area contributed by atoms with Gasteiger partial charge in [0, 0.05) is 16.8 Å². The molecule has 5 aromatic rings. The predicted molar refractivity (Wildman–Crippen MR) is 163 cm³/mol. The maximum atomic E-state index is 14.0. The molecule has 0 bridgehead atoms. The first kappa shape index (κ1) is 25.4. The van der Waals surface area contributed by atoms with Crippen molar-refractivity contribution in [3.63, 3.8) is 0 Å². The second-order valence-corrected chi connectivity index (χ2v) is 10.1. The first-order chi connectivity index (χ1) is 19.5. The van der Waals surface area contributed by atoms with Crippen molar-refractivity contribution in [3.05, 3.63) is 143 Å². The van der Waals surface area contributed by atoms with E-state index in [-0.39, 0.29) is 11.8 Å². The van der Waals surface area contributed by atoms with Crippen LogP contribution in [-0.4, -0.2) is 11.8 Å². The number of benzene rings is 5. The SMILES string of the molecule is Cc1cc(NC(=O)c2ccccc2-c2ccccc2)c(Cl)cc1C(=O)N1Cc2ccccc2Nc2ccccc21. The molecule has 0 unspecified atom stereocenters. The number of anilines is 4. The monoisotopic (exact) mass is 543 g/mol. The fraction of sp³-hybridized carbons (Fsp3) is 0.0588. The Kier molecular flexibility index (Phi) is 6.81. The van der Waals surface area contributed by atoms with Crippen LogP contribution in [0.3, 0.4) is 0 Å². The van der Waals surface area contributed by atoms with E-state index in [2.05, 4.69) is 10.6 Å². The highest BCUT2D eigenvalue weighted by Gasteiger charge is 2.26. The summed E-state index contributed by atoms with van der Waals surface area (Å²) in [6, 6.07) is 36.3. The molecular weight excluding hydrogens is 518 g/mol. The molecule has 6 rings (SSSR count). The van der Waals surface area contributed by atoms with Gasteiger partial charge in [0.1, 0.15) is 0 Å². The molecule has 40 heavy (non-hydrogen) atoms. The molecule has 0 saturated heterocycles. The zero-order valence-electron chi connectivity index (χ0n) is 21.8. The number of fused-ring (bicyclic) bond motifs is 2. The lowest BCUT2D eigenvalue weighted by Crippen LogP contribution is -2.30. The number of hydrogen-bond acceptors (Lipinski definition) is 3. The topological polar surface area (TPSA) is 61.4 Å². The Hall–Kier alpha value is -4.87. The summed E-state index contributed by atoms with van der Waals surface area (Å²) < 4.78 is 0. The number of hydrogen-bond donors (Lipinski definition) is 2. The van der Waals surface area contributed by atoms with Crippen LogP contribution in [0.25, 0.3) is 11.1 Å². The molecule has 5 nitrogen and oxygen atoms in total. The van der Waals surface area contributed by atoms with Gasteiger partial charge in [0.05, 0.1) is 28.6 Å². The lowest BCUT2D eigenvalue weighted by atomic mass is 9.99. The lowest BCUT2D eigenvalue weighted by Gasteiger charge is -2.24. The molecule has 2 N–H and O–H groups in total. The molecule has 0 radical (unpaired) electrons. The Balaban J connectivity index is 1.31. The van der Waals surface area contributed by atoms with E-state index < -0.39 is 0 Å². The summed E-state index contributed by atoms with van der Waals surface area (Å²) in [7, 11) is 0. The molecule has 6 heteroatoms. The van der Waals surface area contributed by atoms with Crippen LogP contribution in [0.2, 0.25) is 5.02 Å². The van der Waals surface area contributed by atoms with Gasteiger partial charge in [0.15, 0.2) is 0 Å². The van der Waals surface area contributed by atoms with Crippen LogP contribution in [0.15, 0.2) is 115 Å². The number of carbonyl (C=O) groups excluding carboxylic acids is 2. The number of nitrogens with one attached hydrogen (secondary N) is 2. The molecule has 196 valence electrons. The predicted octanol–water partition coefficient (Wildman–Crippen LogP) is 8.47. The van der Waals surface area contributed by atoms with Crippen molar-refractivity contribution in [3.8, 4) is 11.1 Å². The first-order valence-electron chi connectivity index (χ1n) is 13.0. The van der Waals surface area contributed by atoms with Gasteiger partial charge in [-0.2, -0.15) is 0 Å². The van der Waals surface area contributed by atoms with Crippen molar-refractivity contribution in [2.24, 2.45) is 0 Å². The Morgan fingerprint density at radius 1 is 0.775 bits per heavy atom. The third kappa shape index (κ3) is 4.83. The summed E-state index contributed by atoms with van der Waals surface area (Å²) in [4.78, 5) is 29.2. The van der Waals surface area contributed by atoms with Crippen LogP contribution in [0.5, 0.6) is 0 Å². The summed E-state index contributed by atoms with van der Waals surface area (Å²) in [6.45, 7) is 2.26. The minimum atomic E-state index is -0.274. The van der Waals surface area contributed by atoms with Gasteiger partial charge in [0.2, 0.25) is 0 Å². The first-order valence-corrected chi connectivity index (χ1v) is 13.4. The molecule has 0 aromatic heterocycles. The summed E-state index contributed by atoms with van der Waals surface area (Å²) in [5, 5.41) is 6.71. The molecule has 0 fully saturated rings. The number of halogens is 1. The fourth-order valence-corrected chi connectivity index (χ4v) is 5.28. The van der Waals surface area contributed by atoms with Gasteiger partial charge in [-0.05, 0) is 65.6 Å². The van der Waals surface area contributed by atoms with Gasteiger partial charge in [-0.15, -0.1) is 0 Å². The molecule has 1 aliphatic rings. The molecule has 2 amide bonds. The van der Waals surface area contributed by atoms with Crippen LogP contribution >= 0.6 is 11.6 Å². The number of carbonyl (C=O) groups is 2. The van der Waals surface area contributed by atoms with Crippen molar-refractivity contribution in [1.29, 1.82) is 0 Å². The standard InChI is InChI=1S/C34H26ClN3O2/c1-22-19-31(37-33(39)26-15-7-6-14-25(26)23-11-3-2-4-12-23)28(35)20-27(22)34(40)38-21-24-13-5-8-16-29(24)36-30-17-9-10-18-32(30)38/h2-20,36H,21H2,1H3,(H,37,39).